The van der Waals surface area contributed by atoms with Crippen molar-refractivity contribution in [3.63, 3.8) is 0 Å². The molecule has 1 aromatic carbocycles. The average Bonchev–Trinajstić information content (AvgIpc) is 3.14. The molecule has 2 heterocycles. The quantitative estimate of drug-likeness (QED) is 0.620. The topological polar surface area (TPSA) is 60.3 Å². The number of carbonyl (C=O) groups excluding carboxylic acids is 1. The molecular weight excluding hydrogens is 348 g/mol. The number of thiophene rings is 1. The van der Waals surface area contributed by atoms with Crippen LogP contribution in [0.15, 0.2) is 58.8 Å². The maximum absolute atomic E-state index is 12.4. The first-order valence-electron chi connectivity index (χ1n) is 8.31. The first kappa shape index (κ1) is 17.9. The van der Waals surface area contributed by atoms with E-state index < -0.39 is 0 Å². The third-order valence-corrected chi connectivity index (χ3v) is 5.10. The zero-order valence-electron chi connectivity index (χ0n) is 14.5. The molecule has 0 spiro atoms. The van der Waals surface area contributed by atoms with E-state index in [0.29, 0.717) is 25.3 Å². The number of anilines is 1. The van der Waals surface area contributed by atoms with Gasteiger partial charge in [-0.25, -0.2) is 0 Å². The van der Waals surface area contributed by atoms with Crippen molar-refractivity contribution in [2.75, 3.05) is 11.9 Å². The van der Waals surface area contributed by atoms with E-state index in [0.717, 1.165) is 23.2 Å². The summed E-state index contributed by atoms with van der Waals surface area (Å²) in [5, 5.41) is 4.71. The predicted octanol–water partition coefficient (Wildman–Crippen LogP) is 3.46. The molecule has 0 fully saturated rings. The van der Waals surface area contributed by atoms with Gasteiger partial charge < -0.3 is 14.6 Å². The van der Waals surface area contributed by atoms with E-state index in [9.17, 15) is 9.59 Å². The Labute approximate surface area is 155 Å². The highest BCUT2D eigenvalue weighted by molar-refractivity contribution is 7.09. The van der Waals surface area contributed by atoms with Crippen LogP contribution in [0.2, 0.25) is 0 Å². The molecule has 5 nitrogen and oxygen atoms in total. The highest BCUT2D eigenvalue weighted by Crippen LogP contribution is 2.19. The van der Waals surface area contributed by atoms with Gasteiger partial charge in [0, 0.05) is 29.2 Å². The number of hydrogen-bond acceptors (Lipinski definition) is 4. The van der Waals surface area contributed by atoms with E-state index in [2.05, 4.69) is 11.4 Å². The Morgan fingerprint density at radius 2 is 2.12 bits per heavy atom. The fourth-order valence-corrected chi connectivity index (χ4v) is 3.38. The summed E-state index contributed by atoms with van der Waals surface area (Å²) in [5.41, 5.74) is 2.55. The van der Waals surface area contributed by atoms with Crippen LogP contribution in [0.25, 0.3) is 0 Å². The second kappa shape index (κ2) is 8.49. The number of nitrogens with one attached hydrogen (secondary N) is 1. The summed E-state index contributed by atoms with van der Waals surface area (Å²) < 4.78 is 7.31. The summed E-state index contributed by atoms with van der Waals surface area (Å²) in [5.74, 6) is 0.580. The van der Waals surface area contributed by atoms with Crippen LogP contribution in [0.4, 0.5) is 5.69 Å². The van der Waals surface area contributed by atoms with Crippen molar-refractivity contribution in [2.45, 2.75) is 19.9 Å². The lowest BCUT2D eigenvalue weighted by Crippen LogP contribution is -2.20. The number of carbonyl (C=O) groups is 1. The van der Waals surface area contributed by atoms with Crippen LogP contribution in [0.5, 0.6) is 5.75 Å². The number of benzene rings is 1. The van der Waals surface area contributed by atoms with Gasteiger partial charge in [0.2, 0.25) is 6.41 Å². The predicted molar refractivity (Wildman–Crippen MR) is 104 cm³/mol. The minimum Gasteiger partial charge on any atom is -0.493 e. The van der Waals surface area contributed by atoms with E-state index in [1.807, 2.05) is 36.6 Å². The second-order valence-corrected chi connectivity index (χ2v) is 6.89. The van der Waals surface area contributed by atoms with Crippen molar-refractivity contribution >= 4 is 23.4 Å². The maximum atomic E-state index is 12.4. The van der Waals surface area contributed by atoms with Crippen LogP contribution in [0.3, 0.4) is 0 Å². The molecule has 2 aromatic heterocycles. The van der Waals surface area contributed by atoms with Crippen molar-refractivity contribution in [3.8, 4) is 5.75 Å². The molecule has 1 amide bonds. The molecule has 26 heavy (non-hydrogen) atoms. The van der Waals surface area contributed by atoms with E-state index >= 15 is 0 Å². The minimum absolute atomic E-state index is 0.119. The fraction of sp³-hybridized carbons (Fsp3) is 0.200. The van der Waals surface area contributed by atoms with E-state index in [1.165, 1.54) is 10.9 Å². The molecule has 0 bridgehead atoms. The first-order valence-corrected chi connectivity index (χ1v) is 9.19. The van der Waals surface area contributed by atoms with Crippen LogP contribution < -0.4 is 15.6 Å². The molecule has 0 aliphatic carbocycles. The molecule has 134 valence electrons. The van der Waals surface area contributed by atoms with Gasteiger partial charge in [-0.1, -0.05) is 18.2 Å². The summed E-state index contributed by atoms with van der Waals surface area (Å²) >= 11 is 1.70. The standard InChI is InChI=1S/C20H20N2O3S/c1-15-16(4-2-6-19(15)21-14-23)13-22-9-7-17(12-20(22)24)25-10-8-18-5-3-11-26-18/h2-7,9,11-12,14H,8,10,13H2,1H3,(H,21,23). The molecule has 1 N–H and O–H groups in total. The average molecular weight is 368 g/mol. The van der Waals surface area contributed by atoms with Gasteiger partial charge in [-0.05, 0) is 41.6 Å². The molecule has 0 saturated carbocycles. The summed E-state index contributed by atoms with van der Waals surface area (Å²) in [4.78, 5) is 24.3. The highest BCUT2D eigenvalue weighted by atomic mass is 32.1. The Kier molecular flexibility index (Phi) is 5.86. The monoisotopic (exact) mass is 368 g/mol. The summed E-state index contributed by atoms with van der Waals surface area (Å²) in [6, 6.07) is 13.0. The summed E-state index contributed by atoms with van der Waals surface area (Å²) in [7, 11) is 0. The van der Waals surface area contributed by atoms with Gasteiger partial charge in [0.05, 0.1) is 13.2 Å². The zero-order valence-corrected chi connectivity index (χ0v) is 15.3. The lowest BCUT2D eigenvalue weighted by Gasteiger charge is -2.12. The molecule has 0 saturated heterocycles. The zero-order chi connectivity index (χ0) is 18.4. The van der Waals surface area contributed by atoms with Crippen molar-refractivity contribution < 1.29 is 9.53 Å². The van der Waals surface area contributed by atoms with Crippen molar-refractivity contribution in [2.24, 2.45) is 0 Å². The molecule has 0 atom stereocenters. The summed E-state index contributed by atoms with van der Waals surface area (Å²) in [6.45, 7) is 2.91. The largest absolute Gasteiger partial charge is 0.493 e. The Hall–Kier alpha value is -2.86. The van der Waals surface area contributed by atoms with E-state index in [-0.39, 0.29) is 5.56 Å². The first-order chi connectivity index (χ1) is 12.7. The Morgan fingerprint density at radius 3 is 2.85 bits per heavy atom. The molecule has 0 radical (unpaired) electrons. The molecule has 0 aliphatic heterocycles. The Balaban J connectivity index is 1.67. The van der Waals surface area contributed by atoms with Gasteiger partial charge in [0.15, 0.2) is 0 Å². The van der Waals surface area contributed by atoms with Crippen LogP contribution >= 0.6 is 11.3 Å². The van der Waals surface area contributed by atoms with Crippen molar-refractivity contribution in [1.82, 2.24) is 4.57 Å². The molecule has 0 unspecified atom stereocenters. The molecule has 0 aliphatic rings. The van der Waals surface area contributed by atoms with Crippen LogP contribution in [0.1, 0.15) is 16.0 Å². The van der Waals surface area contributed by atoms with Crippen molar-refractivity contribution in [1.29, 1.82) is 0 Å². The van der Waals surface area contributed by atoms with Crippen molar-refractivity contribution in [3.05, 3.63) is 80.4 Å². The molecule has 3 aromatic rings. The third-order valence-electron chi connectivity index (χ3n) is 4.17. The number of rotatable bonds is 8. The van der Waals surface area contributed by atoms with Gasteiger partial charge in [0.1, 0.15) is 5.75 Å². The molecule has 6 heteroatoms. The van der Waals surface area contributed by atoms with Gasteiger partial charge in [-0.3, -0.25) is 9.59 Å². The Bertz CT molecular complexity index is 932. The smallest absolute Gasteiger partial charge is 0.254 e. The van der Waals surface area contributed by atoms with Crippen LogP contribution in [-0.4, -0.2) is 17.6 Å². The number of nitrogens with zero attached hydrogens (tertiary/aromatic N) is 1. The summed E-state index contributed by atoms with van der Waals surface area (Å²) in [6.07, 6.45) is 3.22. The number of hydrogen-bond donors (Lipinski definition) is 1. The Morgan fingerprint density at radius 1 is 1.23 bits per heavy atom. The fourth-order valence-electron chi connectivity index (χ4n) is 2.69. The van der Waals surface area contributed by atoms with Gasteiger partial charge in [0.25, 0.3) is 5.56 Å². The maximum Gasteiger partial charge on any atom is 0.254 e. The molecular formula is C20H20N2O3S. The second-order valence-electron chi connectivity index (χ2n) is 5.86. The van der Waals surface area contributed by atoms with E-state index in [1.54, 1.807) is 28.2 Å². The SMILES string of the molecule is Cc1c(Cn2ccc(OCCc3cccs3)cc2=O)cccc1NC=O. The number of pyridine rings is 1. The van der Waals surface area contributed by atoms with Gasteiger partial charge in [-0.2, -0.15) is 0 Å². The molecule has 3 rings (SSSR count). The highest BCUT2D eigenvalue weighted by Gasteiger charge is 2.06. The van der Waals surface area contributed by atoms with Gasteiger partial charge >= 0.3 is 0 Å². The van der Waals surface area contributed by atoms with Gasteiger partial charge in [-0.15, -0.1) is 11.3 Å². The number of ether oxygens (including phenoxy) is 1. The lowest BCUT2D eigenvalue weighted by molar-refractivity contribution is -0.105. The van der Waals surface area contributed by atoms with Crippen LogP contribution in [0, 0.1) is 6.92 Å². The number of aromatic nitrogens is 1. The number of amides is 1. The lowest BCUT2D eigenvalue weighted by atomic mass is 10.1. The minimum atomic E-state index is -0.119. The van der Waals surface area contributed by atoms with Crippen LogP contribution in [-0.2, 0) is 17.8 Å². The third kappa shape index (κ3) is 4.40. The van der Waals surface area contributed by atoms with E-state index in [4.69, 9.17) is 4.74 Å². The normalized spacial score (nSPS) is 10.5.